The fourth-order valence-electron chi connectivity index (χ4n) is 3.51. The molecule has 0 radical (unpaired) electrons. The van der Waals surface area contributed by atoms with Crippen LogP contribution in [0.15, 0.2) is 71.6 Å². The highest BCUT2D eigenvalue weighted by atomic mass is 35.5. The van der Waals surface area contributed by atoms with Crippen molar-refractivity contribution in [3.63, 3.8) is 0 Å². The first-order valence-electron chi connectivity index (χ1n) is 10.2. The van der Waals surface area contributed by atoms with Crippen LogP contribution in [0.5, 0.6) is 5.75 Å². The van der Waals surface area contributed by atoms with Gasteiger partial charge in [-0.05, 0) is 61.0 Å². The van der Waals surface area contributed by atoms with E-state index in [0.717, 1.165) is 4.31 Å². The van der Waals surface area contributed by atoms with Crippen molar-refractivity contribution in [2.24, 2.45) is 0 Å². The van der Waals surface area contributed by atoms with Gasteiger partial charge in [-0.3, -0.25) is 9.10 Å². The zero-order valence-corrected chi connectivity index (χ0v) is 19.9. The van der Waals surface area contributed by atoms with Crippen molar-refractivity contribution in [2.45, 2.75) is 17.9 Å². The monoisotopic (exact) mass is 500 g/mol. The molecule has 34 heavy (non-hydrogen) atoms. The number of amides is 1. The van der Waals surface area contributed by atoms with Gasteiger partial charge in [0.2, 0.25) is 0 Å². The lowest BCUT2D eigenvalue weighted by molar-refractivity contribution is -0.122. The zero-order chi connectivity index (χ0) is 24.5. The van der Waals surface area contributed by atoms with Crippen molar-refractivity contribution in [3.05, 3.63) is 82.9 Å². The summed E-state index contributed by atoms with van der Waals surface area (Å²) in [6.07, 6.45) is -1.14. The molecule has 0 bridgehead atoms. The maximum absolute atomic E-state index is 13.4. The number of carbonyl (C=O) groups is 2. The SMILES string of the molecule is COC(=O)c1ccc(C)c(NC(=O)[C@@H]2CN(S(=O)(=O)c3ccc(Cl)cc3)c3ccccc3O2)c1. The number of para-hydroxylation sites is 2. The molecule has 0 aliphatic carbocycles. The van der Waals surface area contributed by atoms with Crippen molar-refractivity contribution in [3.8, 4) is 5.75 Å². The second kappa shape index (κ2) is 9.36. The summed E-state index contributed by atoms with van der Waals surface area (Å²) < 4.78 is 38.6. The Morgan fingerprint density at radius 2 is 1.79 bits per heavy atom. The van der Waals surface area contributed by atoms with Gasteiger partial charge in [0.15, 0.2) is 6.10 Å². The maximum Gasteiger partial charge on any atom is 0.337 e. The number of sulfonamides is 1. The third-order valence-corrected chi connectivity index (χ3v) is 7.39. The molecule has 8 nitrogen and oxygen atoms in total. The fourth-order valence-corrected chi connectivity index (χ4v) is 5.12. The third-order valence-electron chi connectivity index (χ3n) is 5.35. The van der Waals surface area contributed by atoms with Gasteiger partial charge in [-0.25, -0.2) is 13.2 Å². The summed E-state index contributed by atoms with van der Waals surface area (Å²) in [6.45, 7) is 1.52. The van der Waals surface area contributed by atoms with E-state index < -0.39 is 28.0 Å². The van der Waals surface area contributed by atoms with Gasteiger partial charge in [-0.2, -0.15) is 0 Å². The summed E-state index contributed by atoms with van der Waals surface area (Å²) >= 11 is 5.91. The number of ether oxygens (including phenoxy) is 2. The van der Waals surface area contributed by atoms with Gasteiger partial charge in [0.25, 0.3) is 15.9 Å². The van der Waals surface area contributed by atoms with Gasteiger partial charge in [-0.15, -0.1) is 0 Å². The summed E-state index contributed by atoms with van der Waals surface area (Å²) in [7, 11) is -2.74. The van der Waals surface area contributed by atoms with Crippen LogP contribution in [0.4, 0.5) is 11.4 Å². The Kier molecular flexibility index (Phi) is 6.49. The molecular weight excluding hydrogens is 480 g/mol. The molecule has 0 fully saturated rings. The van der Waals surface area contributed by atoms with Gasteiger partial charge in [0.1, 0.15) is 5.75 Å². The quantitative estimate of drug-likeness (QED) is 0.531. The van der Waals surface area contributed by atoms with Gasteiger partial charge in [-0.1, -0.05) is 29.8 Å². The predicted molar refractivity (Wildman–Crippen MR) is 128 cm³/mol. The van der Waals surface area contributed by atoms with E-state index in [1.54, 1.807) is 43.3 Å². The van der Waals surface area contributed by atoms with Crippen LogP contribution in [0.1, 0.15) is 15.9 Å². The molecule has 3 aromatic carbocycles. The number of rotatable bonds is 5. The van der Waals surface area contributed by atoms with Crippen molar-refractivity contribution in [2.75, 3.05) is 23.3 Å². The van der Waals surface area contributed by atoms with Crippen LogP contribution in [-0.4, -0.2) is 40.1 Å². The molecular formula is C24H21ClN2O6S. The molecule has 176 valence electrons. The van der Waals surface area contributed by atoms with Gasteiger partial charge in [0.05, 0.1) is 29.8 Å². The molecule has 1 aliphatic rings. The number of anilines is 2. The molecule has 0 unspecified atom stereocenters. The largest absolute Gasteiger partial charge is 0.476 e. The Balaban J connectivity index is 1.65. The van der Waals surface area contributed by atoms with Crippen LogP contribution >= 0.6 is 11.6 Å². The highest BCUT2D eigenvalue weighted by molar-refractivity contribution is 7.92. The second-order valence-corrected chi connectivity index (χ2v) is 9.87. The van der Waals surface area contributed by atoms with Crippen molar-refractivity contribution >= 4 is 44.9 Å². The lowest BCUT2D eigenvalue weighted by Crippen LogP contribution is -2.48. The summed E-state index contributed by atoms with van der Waals surface area (Å²) in [5.41, 5.74) is 1.70. The van der Waals surface area contributed by atoms with Gasteiger partial charge in [0, 0.05) is 10.7 Å². The summed E-state index contributed by atoms with van der Waals surface area (Å²) in [5, 5.41) is 3.14. The molecule has 1 heterocycles. The smallest absolute Gasteiger partial charge is 0.337 e. The lowest BCUT2D eigenvalue weighted by Gasteiger charge is -2.34. The third kappa shape index (κ3) is 4.57. The Labute approximate surface area is 202 Å². The van der Waals surface area contributed by atoms with E-state index in [4.69, 9.17) is 21.1 Å². The van der Waals surface area contributed by atoms with Gasteiger partial charge < -0.3 is 14.8 Å². The molecule has 0 saturated carbocycles. The van der Waals surface area contributed by atoms with Crippen LogP contribution in [0.25, 0.3) is 0 Å². The molecule has 10 heteroatoms. The highest BCUT2D eigenvalue weighted by Gasteiger charge is 2.37. The van der Waals surface area contributed by atoms with Crippen molar-refractivity contribution in [1.82, 2.24) is 0 Å². The molecule has 4 rings (SSSR count). The number of nitrogens with zero attached hydrogens (tertiary/aromatic N) is 1. The van der Waals surface area contributed by atoms with E-state index in [9.17, 15) is 18.0 Å². The van der Waals surface area contributed by atoms with Crippen LogP contribution in [0, 0.1) is 6.92 Å². The fraction of sp³-hybridized carbons (Fsp3) is 0.167. The Hall–Kier alpha value is -3.56. The topological polar surface area (TPSA) is 102 Å². The van der Waals surface area contributed by atoms with Crippen LogP contribution in [-0.2, 0) is 19.6 Å². The molecule has 0 spiro atoms. The second-order valence-electron chi connectivity index (χ2n) is 7.57. The number of hydrogen-bond donors (Lipinski definition) is 1. The minimum absolute atomic E-state index is 0.0365. The maximum atomic E-state index is 13.4. The highest BCUT2D eigenvalue weighted by Crippen LogP contribution is 2.37. The van der Waals surface area contributed by atoms with E-state index in [1.807, 2.05) is 0 Å². The average molecular weight is 501 g/mol. The van der Waals surface area contributed by atoms with E-state index in [2.05, 4.69) is 5.32 Å². The number of halogens is 1. The van der Waals surface area contributed by atoms with E-state index in [1.165, 1.54) is 37.4 Å². The average Bonchev–Trinajstić information content (AvgIpc) is 2.84. The van der Waals surface area contributed by atoms with Gasteiger partial charge >= 0.3 is 5.97 Å². The number of hydrogen-bond acceptors (Lipinski definition) is 6. The number of carbonyl (C=O) groups excluding carboxylic acids is 2. The zero-order valence-electron chi connectivity index (χ0n) is 18.3. The van der Waals surface area contributed by atoms with E-state index >= 15 is 0 Å². The number of fused-ring (bicyclic) bond motifs is 1. The number of methoxy groups -OCH3 is 1. The first kappa shape index (κ1) is 23.6. The van der Waals surface area contributed by atoms with Crippen molar-refractivity contribution < 1.29 is 27.5 Å². The Morgan fingerprint density at radius 1 is 1.09 bits per heavy atom. The summed E-state index contributed by atoms with van der Waals surface area (Å²) in [5.74, 6) is -0.846. The van der Waals surface area contributed by atoms with Crippen molar-refractivity contribution in [1.29, 1.82) is 0 Å². The number of aryl methyl sites for hydroxylation is 1. The normalized spacial score (nSPS) is 15.1. The first-order valence-corrected chi connectivity index (χ1v) is 12.1. The Bertz CT molecular complexity index is 1360. The molecule has 1 amide bonds. The summed E-state index contributed by atoms with van der Waals surface area (Å²) in [6, 6.07) is 17.1. The van der Waals surface area contributed by atoms with E-state index in [0.29, 0.717) is 22.0 Å². The molecule has 1 atom stereocenters. The molecule has 0 aromatic heterocycles. The summed E-state index contributed by atoms with van der Waals surface area (Å²) in [4.78, 5) is 25.0. The first-order chi connectivity index (χ1) is 16.2. The predicted octanol–water partition coefficient (Wildman–Crippen LogP) is 4.03. The number of nitrogens with one attached hydrogen (secondary N) is 1. The molecule has 0 saturated heterocycles. The minimum atomic E-state index is -4.01. The number of benzene rings is 3. The molecule has 3 aromatic rings. The lowest BCUT2D eigenvalue weighted by atomic mass is 10.1. The standard InChI is InChI=1S/C24H21ClN2O6S/c1-15-7-8-16(24(29)32-2)13-19(15)26-23(28)22-14-27(20-5-3-4-6-21(20)33-22)34(30,31)18-11-9-17(25)10-12-18/h3-13,22H,14H2,1-2H3,(H,26,28)/t22-/m0/s1. The van der Waals surface area contributed by atoms with E-state index in [-0.39, 0.29) is 22.8 Å². The van der Waals surface area contributed by atoms with Crippen LogP contribution < -0.4 is 14.4 Å². The molecule has 1 aliphatic heterocycles. The number of esters is 1. The minimum Gasteiger partial charge on any atom is -0.476 e. The van der Waals surface area contributed by atoms with Crippen LogP contribution in [0.3, 0.4) is 0 Å². The van der Waals surface area contributed by atoms with Crippen LogP contribution in [0.2, 0.25) is 5.02 Å². The Morgan fingerprint density at radius 3 is 2.50 bits per heavy atom. The molecule has 1 N–H and O–H groups in total.